The Bertz CT molecular complexity index is 314. The van der Waals surface area contributed by atoms with E-state index in [1.54, 1.807) is 24.3 Å². The van der Waals surface area contributed by atoms with Crippen LogP contribution in [0.3, 0.4) is 0 Å². The summed E-state index contributed by atoms with van der Waals surface area (Å²) < 4.78 is 0. The second-order valence-electron chi connectivity index (χ2n) is 2.95. The number of carbonyl (C=O) groups excluding carboxylic acids is 1. The van der Waals surface area contributed by atoms with Crippen molar-refractivity contribution >= 4 is 22.2 Å². The maximum Gasteiger partial charge on any atom is 0.150 e. The Hall–Kier alpha value is -0.710. The third-order valence-electron chi connectivity index (χ3n) is 1.91. The molecule has 0 spiro atoms. The van der Waals surface area contributed by atoms with Gasteiger partial charge < -0.3 is 10.2 Å². The monoisotopic (exact) mass is 258 g/mol. The number of rotatable bonds is 4. The second-order valence-corrected chi connectivity index (χ2v) is 3.60. The van der Waals surface area contributed by atoms with Crippen LogP contribution in [0, 0.1) is 0 Å². The Balaban J connectivity index is 2.89. The van der Waals surface area contributed by atoms with Gasteiger partial charge in [0.15, 0.2) is 0 Å². The second kappa shape index (κ2) is 5.24. The number of carbonyl (C=O) groups is 1. The van der Waals surface area contributed by atoms with E-state index in [4.69, 9.17) is 0 Å². The summed E-state index contributed by atoms with van der Waals surface area (Å²) in [6, 6.07) is 6.54. The van der Waals surface area contributed by atoms with E-state index in [1.807, 2.05) is 0 Å². The zero-order valence-electron chi connectivity index (χ0n) is 7.43. The Morgan fingerprint density at radius 2 is 2.14 bits per heavy atom. The van der Waals surface area contributed by atoms with E-state index >= 15 is 0 Å². The third kappa shape index (κ3) is 2.64. The first-order valence-electron chi connectivity index (χ1n) is 4.16. The van der Waals surface area contributed by atoms with E-state index in [2.05, 4.69) is 15.9 Å². The number of hydrogen-bond donors (Lipinski definition) is 2. The van der Waals surface area contributed by atoms with Crippen LogP contribution in [-0.4, -0.2) is 27.9 Å². The number of hydrogen-bond acceptors (Lipinski definition) is 3. The molecule has 0 fully saturated rings. The average Bonchev–Trinajstić information content (AvgIpc) is 2.27. The maximum absolute atomic E-state index is 10.5. The standard InChI is InChI=1S/C10H11BrO3/c11-5-9(13)10(14)8-3-1-2-7(4-8)6-12/h1-4,6,9-10,13-14H,5H2. The van der Waals surface area contributed by atoms with Crippen LogP contribution in [0.4, 0.5) is 0 Å². The zero-order chi connectivity index (χ0) is 10.6. The van der Waals surface area contributed by atoms with Crippen molar-refractivity contribution in [2.75, 3.05) is 5.33 Å². The van der Waals surface area contributed by atoms with Gasteiger partial charge in [-0.15, -0.1) is 0 Å². The molecule has 76 valence electrons. The summed E-state index contributed by atoms with van der Waals surface area (Å²) in [7, 11) is 0. The molecular weight excluding hydrogens is 248 g/mol. The van der Waals surface area contributed by atoms with Gasteiger partial charge in [0.05, 0.1) is 6.10 Å². The van der Waals surface area contributed by atoms with Gasteiger partial charge in [0.1, 0.15) is 12.4 Å². The van der Waals surface area contributed by atoms with Crippen molar-refractivity contribution in [3.8, 4) is 0 Å². The van der Waals surface area contributed by atoms with Crippen molar-refractivity contribution < 1.29 is 15.0 Å². The van der Waals surface area contributed by atoms with Crippen molar-refractivity contribution in [1.29, 1.82) is 0 Å². The van der Waals surface area contributed by atoms with Crippen molar-refractivity contribution in [1.82, 2.24) is 0 Å². The fraction of sp³-hybridized carbons (Fsp3) is 0.300. The lowest BCUT2D eigenvalue weighted by molar-refractivity contribution is 0.0342. The zero-order valence-corrected chi connectivity index (χ0v) is 9.02. The summed E-state index contributed by atoms with van der Waals surface area (Å²) in [6.07, 6.45) is -1.12. The summed E-state index contributed by atoms with van der Waals surface area (Å²) in [4.78, 5) is 10.5. The van der Waals surface area contributed by atoms with Gasteiger partial charge in [0, 0.05) is 10.9 Å². The number of aliphatic hydroxyl groups is 2. The largest absolute Gasteiger partial charge is 0.389 e. The maximum atomic E-state index is 10.5. The molecule has 1 aromatic rings. The fourth-order valence-electron chi connectivity index (χ4n) is 1.12. The molecule has 0 radical (unpaired) electrons. The van der Waals surface area contributed by atoms with Crippen molar-refractivity contribution in [3.63, 3.8) is 0 Å². The van der Waals surface area contributed by atoms with Crippen LogP contribution in [0.15, 0.2) is 24.3 Å². The van der Waals surface area contributed by atoms with E-state index in [0.717, 1.165) is 0 Å². The highest BCUT2D eigenvalue weighted by atomic mass is 79.9. The highest BCUT2D eigenvalue weighted by Crippen LogP contribution is 2.18. The molecule has 3 nitrogen and oxygen atoms in total. The molecule has 0 aromatic heterocycles. The Morgan fingerprint density at radius 3 is 2.71 bits per heavy atom. The van der Waals surface area contributed by atoms with Gasteiger partial charge in [-0.25, -0.2) is 0 Å². The topological polar surface area (TPSA) is 57.5 Å². The molecule has 14 heavy (non-hydrogen) atoms. The molecule has 4 heteroatoms. The molecule has 0 bridgehead atoms. The minimum absolute atomic E-state index is 0.291. The highest BCUT2D eigenvalue weighted by Gasteiger charge is 2.16. The van der Waals surface area contributed by atoms with Crippen LogP contribution < -0.4 is 0 Å². The first-order valence-corrected chi connectivity index (χ1v) is 5.28. The molecule has 0 aliphatic carbocycles. The molecule has 0 saturated carbocycles. The molecule has 0 saturated heterocycles. The van der Waals surface area contributed by atoms with Crippen LogP contribution >= 0.6 is 15.9 Å². The van der Waals surface area contributed by atoms with Crippen LogP contribution in [0.2, 0.25) is 0 Å². The first-order chi connectivity index (χ1) is 6.69. The SMILES string of the molecule is O=Cc1cccc(C(O)C(O)CBr)c1. The lowest BCUT2D eigenvalue weighted by Crippen LogP contribution is -2.19. The van der Waals surface area contributed by atoms with Gasteiger partial charge in [0.25, 0.3) is 0 Å². The van der Waals surface area contributed by atoms with Crippen LogP contribution in [-0.2, 0) is 0 Å². The first kappa shape index (κ1) is 11.4. The molecule has 0 aliphatic rings. The van der Waals surface area contributed by atoms with Gasteiger partial charge >= 0.3 is 0 Å². The Labute approximate surface area is 90.5 Å². The van der Waals surface area contributed by atoms with Crippen LogP contribution in [0.1, 0.15) is 22.0 Å². The number of alkyl halides is 1. The summed E-state index contributed by atoms with van der Waals surface area (Å²) in [6.45, 7) is 0. The summed E-state index contributed by atoms with van der Waals surface area (Å²) in [5, 5.41) is 19.3. The Morgan fingerprint density at radius 1 is 1.43 bits per heavy atom. The molecule has 0 amide bonds. The minimum atomic E-state index is -0.964. The number of benzene rings is 1. The van der Waals surface area contributed by atoms with E-state index in [1.165, 1.54) is 0 Å². The van der Waals surface area contributed by atoms with Crippen LogP contribution in [0.25, 0.3) is 0 Å². The summed E-state index contributed by atoms with van der Waals surface area (Å²) >= 11 is 3.07. The summed E-state index contributed by atoms with van der Waals surface area (Å²) in [5.41, 5.74) is 1.03. The van der Waals surface area contributed by atoms with Gasteiger partial charge in [0.2, 0.25) is 0 Å². The van der Waals surface area contributed by atoms with E-state index in [9.17, 15) is 15.0 Å². The van der Waals surface area contributed by atoms with Crippen LogP contribution in [0.5, 0.6) is 0 Å². The molecule has 2 unspecified atom stereocenters. The Kier molecular flexibility index (Phi) is 4.25. The summed E-state index contributed by atoms with van der Waals surface area (Å²) in [5.74, 6) is 0. The van der Waals surface area contributed by atoms with E-state index in [-0.39, 0.29) is 0 Å². The smallest absolute Gasteiger partial charge is 0.150 e. The average molecular weight is 259 g/mol. The molecule has 1 rings (SSSR count). The molecule has 0 heterocycles. The molecule has 1 aromatic carbocycles. The number of halogens is 1. The lowest BCUT2D eigenvalue weighted by atomic mass is 10.0. The van der Waals surface area contributed by atoms with Gasteiger partial charge in [-0.05, 0) is 11.6 Å². The van der Waals surface area contributed by atoms with Crippen molar-refractivity contribution in [2.45, 2.75) is 12.2 Å². The minimum Gasteiger partial charge on any atom is -0.389 e. The molecule has 2 N–H and O–H groups in total. The third-order valence-corrected chi connectivity index (χ3v) is 2.57. The molecule has 0 aliphatic heterocycles. The quantitative estimate of drug-likeness (QED) is 0.632. The molecular formula is C10H11BrO3. The number of aldehydes is 1. The number of aliphatic hydroxyl groups excluding tert-OH is 2. The van der Waals surface area contributed by atoms with Crippen molar-refractivity contribution in [2.24, 2.45) is 0 Å². The fourth-order valence-corrected chi connectivity index (χ4v) is 1.48. The predicted molar refractivity (Wildman–Crippen MR) is 56.6 cm³/mol. The lowest BCUT2D eigenvalue weighted by Gasteiger charge is -2.15. The predicted octanol–water partition coefficient (Wildman–Crippen LogP) is 1.29. The van der Waals surface area contributed by atoms with E-state index < -0.39 is 12.2 Å². The van der Waals surface area contributed by atoms with E-state index in [0.29, 0.717) is 22.7 Å². The van der Waals surface area contributed by atoms with Crippen molar-refractivity contribution in [3.05, 3.63) is 35.4 Å². The van der Waals surface area contributed by atoms with Gasteiger partial charge in [-0.3, -0.25) is 4.79 Å². The highest BCUT2D eigenvalue weighted by molar-refractivity contribution is 9.09. The van der Waals surface area contributed by atoms with Gasteiger partial charge in [-0.1, -0.05) is 34.1 Å². The normalized spacial score (nSPS) is 14.8. The molecule has 2 atom stereocenters. The van der Waals surface area contributed by atoms with Gasteiger partial charge in [-0.2, -0.15) is 0 Å².